The van der Waals surface area contributed by atoms with Crippen LogP contribution in [0.25, 0.3) is 0 Å². The molecule has 1 aromatic heterocycles. The summed E-state index contributed by atoms with van der Waals surface area (Å²) in [5.74, 6) is -0.361. The summed E-state index contributed by atoms with van der Waals surface area (Å²) in [6, 6.07) is 15.2. The summed E-state index contributed by atoms with van der Waals surface area (Å²) in [5.41, 5.74) is 0.890. The Morgan fingerprint density at radius 1 is 1.04 bits per heavy atom. The van der Waals surface area contributed by atoms with Gasteiger partial charge in [-0.15, -0.1) is 0 Å². The average molecular weight is 328 g/mol. The minimum absolute atomic E-state index is 0.211. The van der Waals surface area contributed by atoms with Gasteiger partial charge in [-0.25, -0.2) is 0 Å². The molecule has 0 radical (unpaired) electrons. The molecule has 0 aliphatic carbocycles. The van der Waals surface area contributed by atoms with Gasteiger partial charge in [-0.2, -0.15) is 15.8 Å². The molecule has 7 heteroatoms. The van der Waals surface area contributed by atoms with Gasteiger partial charge >= 0.3 is 0 Å². The lowest BCUT2D eigenvalue weighted by Crippen LogP contribution is -2.24. The van der Waals surface area contributed by atoms with E-state index in [-0.39, 0.29) is 22.7 Å². The van der Waals surface area contributed by atoms with Gasteiger partial charge < -0.3 is 10.6 Å². The summed E-state index contributed by atoms with van der Waals surface area (Å²) < 4.78 is 0. The van der Waals surface area contributed by atoms with Crippen LogP contribution in [0, 0.1) is 34.0 Å². The van der Waals surface area contributed by atoms with Crippen molar-refractivity contribution in [3.05, 3.63) is 71.2 Å². The Bertz CT molecular complexity index is 913. The van der Waals surface area contributed by atoms with E-state index in [1.54, 1.807) is 60.9 Å². The van der Waals surface area contributed by atoms with E-state index in [0.29, 0.717) is 12.2 Å². The quantitative estimate of drug-likeness (QED) is 0.811. The summed E-state index contributed by atoms with van der Waals surface area (Å²) in [4.78, 5) is 16.4. The predicted molar refractivity (Wildman–Crippen MR) is 89.3 cm³/mol. The molecular formula is C18H12N6O. The Morgan fingerprint density at radius 2 is 1.80 bits per heavy atom. The Hall–Kier alpha value is -4.15. The predicted octanol–water partition coefficient (Wildman–Crippen LogP) is 2.25. The van der Waals surface area contributed by atoms with Gasteiger partial charge in [0, 0.05) is 18.9 Å². The van der Waals surface area contributed by atoms with E-state index >= 15 is 0 Å². The second kappa shape index (κ2) is 8.47. The molecule has 1 amide bonds. The molecule has 0 aliphatic heterocycles. The molecule has 25 heavy (non-hydrogen) atoms. The van der Waals surface area contributed by atoms with Crippen molar-refractivity contribution in [3.63, 3.8) is 0 Å². The number of allylic oxidation sites excluding steroid dienone is 2. The first-order valence-electron chi connectivity index (χ1n) is 7.17. The molecule has 0 spiro atoms. The number of para-hydroxylation sites is 1. The van der Waals surface area contributed by atoms with Crippen molar-refractivity contribution in [1.29, 1.82) is 15.8 Å². The van der Waals surface area contributed by atoms with E-state index < -0.39 is 0 Å². The molecule has 0 bridgehead atoms. The third-order valence-electron chi connectivity index (χ3n) is 3.19. The zero-order valence-electron chi connectivity index (χ0n) is 13.0. The molecule has 0 atom stereocenters. The normalized spacial score (nSPS) is 9.00. The van der Waals surface area contributed by atoms with Crippen molar-refractivity contribution in [2.75, 3.05) is 5.32 Å². The molecule has 0 saturated heterocycles. The van der Waals surface area contributed by atoms with Gasteiger partial charge in [0.1, 0.15) is 23.9 Å². The summed E-state index contributed by atoms with van der Waals surface area (Å²) in [7, 11) is 0. The number of hydrogen-bond donors (Lipinski definition) is 2. The van der Waals surface area contributed by atoms with Crippen LogP contribution < -0.4 is 10.6 Å². The first-order chi connectivity index (χ1) is 12.2. The fraction of sp³-hybridized carbons (Fsp3) is 0.0556. The lowest BCUT2D eigenvalue weighted by atomic mass is 10.1. The number of carbonyl (C=O) groups is 1. The third-order valence-corrected chi connectivity index (χ3v) is 3.19. The summed E-state index contributed by atoms with van der Waals surface area (Å²) >= 11 is 0. The molecule has 120 valence electrons. The molecule has 0 fully saturated rings. The number of nitrogens with one attached hydrogen (secondary N) is 2. The number of nitriles is 3. The van der Waals surface area contributed by atoms with Gasteiger partial charge in [0.05, 0.1) is 11.3 Å². The standard InChI is InChI=1S/C18H12N6O/c19-8-14(9-20)17(10-21)24-16-6-2-1-5-15(16)18(25)23-12-13-4-3-7-22-11-13/h1-7,11,24H,12H2,(H,23,25). The van der Waals surface area contributed by atoms with E-state index in [1.807, 2.05) is 6.07 Å². The lowest BCUT2D eigenvalue weighted by molar-refractivity contribution is 0.0951. The molecule has 0 unspecified atom stereocenters. The first kappa shape index (κ1) is 17.2. The number of carbonyl (C=O) groups excluding carboxylic acids is 1. The summed E-state index contributed by atoms with van der Waals surface area (Å²) in [6.07, 6.45) is 3.29. The van der Waals surface area contributed by atoms with Gasteiger partial charge in [-0.3, -0.25) is 9.78 Å². The number of aromatic nitrogens is 1. The van der Waals surface area contributed by atoms with Crippen molar-refractivity contribution in [1.82, 2.24) is 10.3 Å². The maximum atomic E-state index is 12.4. The van der Waals surface area contributed by atoms with Gasteiger partial charge in [0.15, 0.2) is 5.57 Å². The Labute approximate surface area is 144 Å². The van der Waals surface area contributed by atoms with E-state index in [4.69, 9.17) is 15.8 Å². The van der Waals surface area contributed by atoms with Crippen LogP contribution >= 0.6 is 0 Å². The molecule has 0 aliphatic rings. The Balaban J connectivity index is 2.22. The monoisotopic (exact) mass is 328 g/mol. The van der Waals surface area contributed by atoms with Crippen molar-refractivity contribution >= 4 is 11.6 Å². The first-order valence-corrected chi connectivity index (χ1v) is 7.17. The summed E-state index contributed by atoms with van der Waals surface area (Å²) in [6.45, 7) is 0.295. The van der Waals surface area contributed by atoms with Crippen LogP contribution in [0.15, 0.2) is 60.1 Å². The second-order valence-corrected chi connectivity index (χ2v) is 4.80. The molecule has 1 heterocycles. The van der Waals surface area contributed by atoms with E-state index in [1.165, 1.54) is 0 Å². The van der Waals surface area contributed by atoms with Crippen LogP contribution in [-0.2, 0) is 6.54 Å². The smallest absolute Gasteiger partial charge is 0.253 e. The number of amides is 1. The van der Waals surface area contributed by atoms with Gasteiger partial charge in [-0.05, 0) is 23.8 Å². The third kappa shape index (κ3) is 4.41. The maximum absolute atomic E-state index is 12.4. The maximum Gasteiger partial charge on any atom is 0.253 e. The fourth-order valence-electron chi connectivity index (χ4n) is 1.99. The molecule has 2 rings (SSSR count). The zero-order valence-corrected chi connectivity index (χ0v) is 13.0. The number of nitrogens with zero attached hydrogens (tertiary/aromatic N) is 4. The number of anilines is 1. The van der Waals surface area contributed by atoms with Gasteiger partial charge in [0.25, 0.3) is 5.91 Å². The van der Waals surface area contributed by atoms with Crippen LogP contribution in [0.2, 0.25) is 0 Å². The number of benzene rings is 1. The minimum atomic E-state index is -0.361. The number of rotatable bonds is 5. The van der Waals surface area contributed by atoms with Crippen LogP contribution in [-0.4, -0.2) is 10.9 Å². The van der Waals surface area contributed by atoms with Crippen molar-refractivity contribution in [2.45, 2.75) is 6.54 Å². The molecule has 2 N–H and O–H groups in total. The van der Waals surface area contributed by atoms with Gasteiger partial charge in [-0.1, -0.05) is 18.2 Å². The highest BCUT2D eigenvalue weighted by Crippen LogP contribution is 2.18. The summed E-state index contributed by atoms with van der Waals surface area (Å²) in [5, 5.41) is 32.3. The highest BCUT2D eigenvalue weighted by atomic mass is 16.1. The molecular weight excluding hydrogens is 316 g/mol. The molecule has 0 saturated carbocycles. The molecule has 2 aromatic rings. The molecule has 7 nitrogen and oxygen atoms in total. The van der Waals surface area contributed by atoms with E-state index in [0.717, 1.165) is 5.56 Å². The van der Waals surface area contributed by atoms with Crippen LogP contribution in [0.5, 0.6) is 0 Å². The van der Waals surface area contributed by atoms with Gasteiger partial charge in [0.2, 0.25) is 0 Å². The minimum Gasteiger partial charge on any atom is -0.348 e. The zero-order chi connectivity index (χ0) is 18.1. The fourth-order valence-corrected chi connectivity index (χ4v) is 1.99. The van der Waals surface area contributed by atoms with Crippen LogP contribution in [0.1, 0.15) is 15.9 Å². The topological polar surface area (TPSA) is 125 Å². The molecule has 1 aromatic carbocycles. The Morgan fingerprint density at radius 3 is 2.44 bits per heavy atom. The number of pyridine rings is 1. The second-order valence-electron chi connectivity index (χ2n) is 4.80. The number of hydrogen-bond acceptors (Lipinski definition) is 6. The van der Waals surface area contributed by atoms with Crippen LogP contribution in [0.4, 0.5) is 5.69 Å². The lowest BCUT2D eigenvalue weighted by Gasteiger charge is -2.11. The van der Waals surface area contributed by atoms with E-state index in [2.05, 4.69) is 15.6 Å². The van der Waals surface area contributed by atoms with Crippen molar-refractivity contribution < 1.29 is 4.79 Å². The van der Waals surface area contributed by atoms with E-state index in [9.17, 15) is 4.79 Å². The van der Waals surface area contributed by atoms with Crippen LogP contribution in [0.3, 0.4) is 0 Å². The SMILES string of the molecule is N#CC(C#N)=C(C#N)Nc1ccccc1C(=O)NCc1cccnc1. The highest BCUT2D eigenvalue weighted by molar-refractivity contribution is 6.00. The average Bonchev–Trinajstić information content (AvgIpc) is 2.67. The van der Waals surface area contributed by atoms with Crippen molar-refractivity contribution in [2.24, 2.45) is 0 Å². The Kier molecular flexibility index (Phi) is 5.83. The largest absolute Gasteiger partial charge is 0.348 e. The highest BCUT2D eigenvalue weighted by Gasteiger charge is 2.13. The van der Waals surface area contributed by atoms with Crippen molar-refractivity contribution in [3.8, 4) is 18.2 Å².